The van der Waals surface area contributed by atoms with E-state index in [0.717, 1.165) is 31.5 Å². The van der Waals surface area contributed by atoms with Crippen LogP contribution in [0.15, 0.2) is 60.7 Å². The Morgan fingerprint density at radius 2 is 1.63 bits per heavy atom. The van der Waals surface area contributed by atoms with Gasteiger partial charge in [0.2, 0.25) is 0 Å². The number of unbranched alkanes of at least 4 members (excludes halogenated alkanes) is 1. The van der Waals surface area contributed by atoms with E-state index in [1.54, 1.807) is 0 Å². The molecule has 0 spiro atoms. The minimum Gasteiger partial charge on any atom is -0.387 e. The minimum absolute atomic E-state index is 0. The minimum atomic E-state index is -0.465. The summed E-state index contributed by atoms with van der Waals surface area (Å²) in [6.45, 7) is 4.82. The number of nitrogens with zero attached hydrogens (tertiary/aromatic N) is 1. The predicted octanol–water partition coefficient (Wildman–Crippen LogP) is 6.48. The topological polar surface area (TPSA) is 23.5 Å². The number of hydrogen-bond acceptors (Lipinski definition) is 2. The van der Waals surface area contributed by atoms with Crippen LogP contribution >= 0.6 is 12.4 Å². The summed E-state index contributed by atoms with van der Waals surface area (Å²) in [5, 5.41) is 13.9. The molecule has 1 aliphatic rings. The monoisotopic (exact) mass is 423 g/mol. The van der Waals surface area contributed by atoms with Crippen molar-refractivity contribution in [3.05, 3.63) is 82.9 Å². The summed E-state index contributed by atoms with van der Waals surface area (Å²) in [6.07, 6.45) is 6.71. The average molecular weight is 424 g/mol. The highest BCUT2D eigenvalue weighted by Gasteiger charge is 2.21. The molecule has 4 rings (SSSR count). The van der Waals surface area contributed by atoms with Gasteiger partial charge in [0.1, 0.15) is 0 Å². The van der Waals surface area contributed by atoms with E-state index >= 15 is 0 Å². The van der Waals surface area contributed by atoms with Gasteiger partial charge in [-0.1, -0.05) is 74.0 Å². The first-order valence-corrected chi connectivity index (χ1v) is 11.2. The molecule has 2 nitrogen and oxygen atoms in total. The summed E-state index contributed by atoms with van der Waals surface area (Å²) in [4.78, 5) is 2.41. The molecule has 3 aromatic carbocycles. The van der Waals surface area contributed by atoms with Crippen molar-refractivity contribution in [2.24, 2.45) is 0 Å². The van der Waals surface area contributed by atoms with Gasteiger partial charge in [-0.25, -0.2) is 0 Å². The fourth-order valence-electron chi connectivity index (χ4n) is 4.74. The Kier molecular flexibility index (Phi) is 8.32. The van der Waals surface area contributed by atoms with E-state index in [9.17, 15) is 5.11 Å². The van der Waals surface area contributed by atoms with E-state index in [1.807, 2.05) is 0 Å². The molecule has 0 saturated carbocycles. The molecule has 160 valence electrons. The molecule has 1 aliphatic carbocycles. The van der Waals surface area contributed by atoms with Gasteiger partial charge < -0.3 is 5.11 Å². The van der Waals surface area contributed by atoms with Gasteiger partial charge in [0.05, 0.1) is 6.10 Å². The van der Waals surface area contributed by atoms with Crippen molar-refractivity contribution in [3.63, 3.8) is 0 Å². The van der Waals surface area contributed by atoms with E-state index in [-0.39, 0.29) is 12.4 Å². The van der Waals surface area contributed by atoms with Crippen LogP contribution in [0, 0.1) is 0 Å². The average Bonchev–Trinajstić information content (AvgIpc) is 2.77. The fourth-order valence-corrected chi connectivity index (χ4v) is 4.74. The van der Waals surface area contributed by atoms with Gasteiger partial charge in [0, 0.05) is 13.1 Å². The van der Waals surface area contributed by atoms with E-state index in [1.165, 1.54) is 53.1 Å². The highest BCUT2D eigenvalue weighted by molar-refractivity contribution is 5.90. The normalized spacial score (nSPS) is 14.4. The summed E-state index contributed by atoms with van der Waals surface area (Å²) in [7, 11) is 0. The molecule has 0 bridgehead atoms. The van der Waals surface area contributed by atoms with Crippen molar-refractivity contribution in [2.75, 3.05) is 13.1 Å². The molecular formula is C27H34ClNO. The first kappa shape index (κ1) is 22.8. The molecule has 1 atom stereocenters. The molecule has 3 aromatic rings. The van der Waals surface area contributed by atoms with Crippen molar-refractivity contribution < 1.29 is 5.11 Å². The third-order valence-electron chi connectivity index (χ3n) is 6.27. The van der Waals surface area contributed by atoms with E-state index < -0.39 is 6.10 Å². The Morgan fingerprint density at radius 3 is 2.40 bits per heavy atom. The molecule has 0 aliphatic heterocycles. The second kappa shape index (κ2) is 10.9. The van der Waals surface area contributed by atoms with Crippen LogP contribution in [0.1, 0.15) is 61.0 Å². The number of rotatable bonds is 8. The summed E-state index contributed by atoms with van der Waals surface area (Å²) >= 11 is 0. The third-order valence-corrected chi connectivity index (χ3v) is 6.27. The maximum absolute atomic E-state index is 11.3. The van der Waals surface area contributed by atoms with Crippen LogP contribution in [0.3, 0.4) is 0 Å². The van der Waals surface area contributed by atoms with Gasteiger partial charge >= 0.3 is 0 Å². The number of benzene rings is 3. The zero-order valence-corrected chi connectivity index (χ0v) is 18.8. The van der Waals surface area contributed by atoms with Crippen molar-refractivity contribution >= 4 is 23.2 Å². The smallest absolute Gasteiger partial charge is 0.0923 e. The lowest BCUT2D eigenvalue weighted by Gasteiger charge is -2.27. The van der Waals surface area contributed by atoms with Crippen LogP contribution in [0.2, 0.25) is 0 Å². The van der Waals surface area contributed by atoms with Crippen molar-refractivity contribution in [1.82, 2.24) is 4.90 Å². The number of halogens is 1. The molecule has 1 unspecified atom stereocenters. The molecular weight excluding hydrogens is 390 g/mol. The molecule has 0 fully saturated rings. The summed E-state index contributed by atoms with van der Waals surface area (Å²) in [5.74, 6) is 0. The molecule has 0 radical (unpaired) electrons. The Hall–Kier alpha value is -1.87. The Labute approximate surface area is 187 Å². The summed E-state index contributed by atoms with van der Waals surface area (Å²) in [6, 6.07) is 21.6. The van der Waals surface area contributed by atoms with Gasteiger partial charge in [-0.15, -0.1) is 12.4 Å². The van der Waals surface area contributed by atoms with Crippen LogP contribution in [0.25, 0.3) is 10.8 Å². The number of fused-ring (bicyclic) bond motifs is 3. The number of aliphatic hydroxyl groups excluding tert-OH is 1. The second-order valence-corrected chi connectivity index (χ2v) is 8.45. The number of aliphatic hydroxyl groups is 1. The van der Waals surface area contributed by atoms with Crippen molar-refractivity contribution in [2.45, 2.75) is 58.1 Å². The standard InChI is InChI=1S/C27H33NO.ClH/c1-2-3-17-28(19-21-11-5-4-6-12-21)20-27(29)26-18-22-13-7-8-14-23(22)24-15-9-10-16-25(24)26;/h4-6,9-12,15-16,18,27,29H,2-3,7-8,13-14,17,19-20H2,1H3;1H. The zero-order chi connectivity index (χ0) is 20.1. The summed E-state index contributed by atoms with van der Waals surface area (Å²) in [5.41, 5.74) is 5.38. The van der Waals surface area contributed by atoms with Gasteiger partial charge in [0.25, 0.3) is 0 Å². The Morgan fingerprint density at radius 1 is 0.933 bits per heavy atom. The van der Waals surface area contributed by atoms with Crippen LogP contribution in [-0.4, -0.2) is 23.1 Å². The predicted molar refractivity (Wildman–Crippen MR) is 129 cm³/mol. The van der Waals surface area contributed by atoms with Crippen LogP contribution in [-0.2, 0) is 19.4 Å². The first-order valence-electron chi connectivity index (χ1n) is 11.2. The van der Waals surface area contributed by atoms with E-state index in [2.05, 4.69) is 72.5 Å². The second-order valence-electron chi connectivity index (χ2n) is 8.45. The van der Waals surface area contributed by atoms with E-state index in [4.69, 9.17) is 0 Å². The Bertz CT molecular complexity index is 940. The highest BCUT2D eigenvalue weighted by Crippen LogP contribution is 2.34. The van der Waals surface area contributed by atoms with Gasteiger partial charge in [-0.3, -0.25) is 4.90 Å². The van der Waals surface area contributed by atoms with Gasteiger partial charge in [-0.05, 0) is 71.7 Å². The molecule has 0 saturated heterocycles. The van der Waals surface area contributed by atoms with Gasteiger partial charge in [0.15, 0.2) is 0 Å². The SMILES string of the molecule is CCCCN(Cc1ccccc1)CC(O)c1cc2c(c3ccccc13)CCCC2.Cl. The van der Waals surface area contributed by atoms with Crippen molar-refractivity contribution in [1.29, 1.82) is 0 Å². The third kappa shape index (κ3) is 5.24. The number of aryl methyl sites for hydroxylation is 2. The maximum atomic E-state index is 11.3. The first-order chi connectivity index (χ1) is 14.3. The lowest BCUT2D eigenvalue weighted by Crippen LogP contribution is -2.29. The molecule has 0 heterocycles. The largest absolute Gasteiger partial charge is 0.387 e. The fraction of sp³-hybridized carbons (Fsp3) is 0.407. The highest BCUT2D eigenvalue weighted by atomic mass is 35.5. The van der Waals surface area contributed by atoms with Crippen LogP contribution in [0.5, 0.6) is 0 Å². The zero-order valence-electron chi connectivity index (χ0n) is 18.0. The quantitative estimate of drug-likeness (QED) is 0.448. The van der Waals surface area contributed by atoms with Crippen LogP contribution in [0.4, 0.5) is 0 Å². The molecule has 30 heavy (non-hydrogen) atoms. The number of hydrogen-bond donors (Lipinski definition) is 1. The van der Waals surface area contributed by atoms with Crippen molar-refractivity contribution in [3.8, 4) is 0 Å². The lowest BCUT2D eigenvalue weighted by atomic mass is 9.84. The molecule has 3 heteroatoms. The summed E-state index contributed by atoms with van der Waals surface area (Å²) < 4.78 is 0. The molecule has 0 amide bonds. The van der Waals surface area contributed by atoms with Crippen LogP contribution < -0.4 is 0 Å². The van der Waals surface area contributed by atoms with E-state index in [0.29, 0.717) is 6.54 Å². The maximum Gasteiger partial charge on any atom is 0.0923 e. The lowest BCUT2D eigenvalue weighted by molar-refractivity contribution is 0.109. The Balaban J connectivity index is 0.00000256. The van der Waals surface area contributed by atoms with Gasteiger partial charge in [-0.2, -0.15) is 0 Å². The molecule has 1 N–H and O–H groups in total. The molecule has 0 aromatic heterocycles.